The molecule has 0 spiro atoms. The number of thioether (sulfide) groups is 1. The van der Waals surface area contributed by atoms with E-state index in [-0.39, 0.29) is 17.4 Å². The van der Waals surface area contributed by atoms with Crippen molar-refractivity contribution in [2.45, 2.75) is 12.1 Å². The van der Waals surface area contributed by atoms with Crippen molar-refractivity contribution < 1.29 is 14.3 Å². The first-order chi connectivity index (χ1) is 10.6. The topological polar surface area (TPSA) is 84.1 Å². The summed E-state index contributed by atoms with van der Waals surface area (Å²) in [5, 5.41) is 3.28. The fraction of sp³-hybridized carbons (Fsp3) is 0.214. The van der Waals surface area contributed by atoms with Crippen LogP contribution in [0.1, 0.15) is 17.4 Å². The van der Waals surface area contributed by atoms with E-state index in [0.717, 1.165) is 4.47 Å². The Hall–Kier alpha value is -1.80. The number of aromatic nitrogens is 2. The number of aromatic amines is 1. The Labute approximate surface area is 140 Å². The first-order valence-electron chi connectivity index (χ1n) is 6.49. The van der Waals surface area contributed by atoms with Gasteiger partial charge in [-0.05, 0) is 35.0 Å². The van der Waals surface area contributed by atoms with E-state index in [1.54, 1.807) is 13.0 Å². The summed E-state index contributed by atoms with van der Waals surface area (Å²) in [5.74, 6) is -0.442. The van der Waals surface area contributed by atoms with E-state index in [1.807, 2.05) is 18.2 Å². The van der Waals surface area contributed by atoms with Crippen LogP contribution < -0.4 is 5.32 Å². The Morgan fingerprint density at radius 1 is 1.41 bits per heavy atom. The van der Waals surface area contributed by atoms with Crippen molar-refractivity contribution in [1.29, 1.82) is 0 Å². The van der Waals surface area contributed by atoms with Crippen LogP contribution in [0, 0.1) is 0 Å². The van der Waals surface area contributed by atoms with Crippen molar-refractivity contribution in [3.8, 4) is 0 Å². The molecule has 1 aromatic heterocycles. The number of nitrogens with one attached hydrogen (secondary N) is 2. The Balaban J connectivity index is 1.86. The van der Waals surface area contributed by atoms with E-state index in [4.69, 9.17) is 4.74 Å². The highest BCUT2D eigenvalue weighted by molar-refractivity contribution is 9.10. The lowest BCUT2D eigenvalue weighted by molar-refractivity contribution is -0.113. The lowest BCUT2D eigenvalue weighted by Gasteiger charge is -2.06. The highest BCUT2D eigenvalue weighted by Gasteiger charge is 2.12. The van der Waals surface area contributed by atoms with Gasteiger partial charge in [0.1, 0.15) is 5.69 Å². The molecule has 6 nitrogen and oxygen atoms in total. The molecular formula is C14H14BrN3O3S. The lowest BCUT2D eigenvalue weighted by Crippen LogP contribution is -2.14. The van der Waals surface area contributed by atoms with Gasteiger partial charge in [0.2, 0.25) is 5.91 Å². The maximum atomic E-state index is 11.9. The number of amides is 1. The number of rotatable bonds is 6. The number of anilines is 1. The van der Waals surface area contributed by atoms with Gasteiger partial charge in [-0.25, -0.2) is 9.78 Å². The largest absolute Gasteiger partial charge is 0.461 e. The second kappa shape index (κ2) is 8.00. The molecule has 0 fully saturated rings. The zero-order valence-corrected chi connectivity index (χ0v) is 14.2. The van der Waals surface area contributed by atoms with Gasteiger partial charge >= 0.3 is 5.97 Å². The van der Waals surface area contributed by atoms with Crippen LogP contribution >= 0.6 is 27.7 Å². The van der Waals surface area contributed by atoms with Crippen LogP contribution in [0.5, 0.6) is 0 Å². The van der Waals surface area contributed by atoms with Crippen molar-refractivity contribution in [1.82, 2.24) is 9.97 Å². The van der Waals surface area contributed by atoms with Gasteiger partial charge in [0.25, 0.3) is 0 Å². The summed E-state index contributed by atoms with van der Waals surface area (Å²) in [6.45, 7) is 2.03. The average molecular weight is 384 g/mol. The summed E-state index contributed by atoms with van der Waals surface area (Å²) >= 11 is 4.57. The summed E-state index contributed by atoms with van der Waals surface area (Å²) < 4.78 is 5.67. The molecule has 116 valence electrons. The summed E-state index contributed by atoms with van der Waals surface area (Å²) in [5.41, 5.74) is 0.982. The van der Waals surface area contributed by atoms with Crippen molar-refractivity contribution in [2.24, 2.45) is 0 Å². The average Bonchev–Trinajstić information content (AvgIpc) is 2.97. The van der Waals surface area contributed by atoms with E-state index in [9.17, 15) is 9.59 Å². The number of nitrogens with zero attached hydrogens (tertiary/aromatic N) is 1. The molecule has 8 heteroatoms. The van der Waals surface area contributed by atoms with Gasteiger partial charge in [-0.2, -0.15) is 0 Å². The van der Waals surface area contributed by atoms with Crippen molar-refractivity contribution in [2.75, 3.05) is 17.7 Å². The minimum absolute atomic E-state index is 0.161. The van der Waals surface area contributed by atoms with E-state index in [0.29, 0.717) is 17.5 Å². The summed E-state index contributed by atoms with van der Waals surface area (Å²) in [6.07, 6.45) is 1.39. The highest BCUT2D eigenvalue weighted by Crippen LogP contribution is 2.22. The Kier molecular flexibility index (Phi) is 6.02. The third-order valence-electron chi connectivity index (χ3n) is 2.54. The van der Waals surface area contributed by atoms with E-state index in [2.05, 4.69) is 31.2 Å². The maximum absolute atomic E-state index is 11.9. The zero-order valence-electron chi connectivity index (χ0n) is 11.8. The minimum Gasteiger partial charge on any atom is -0.461 e. The Morgan fingerprint density at radius 3 is 2.91 bits per heavy atom. The molecule has 2 N–H and O–H groups in total. The van der Waals surface area contributed by atoms with Crippen LogP contribution in [0.2, 0.25) is 0 Å². The summed E-state index contributed by atoms with van der Waals surface area (Å²) in [7, 11) is 0. The van der Waals surface area contributed by atoms with Gasteiger partial charge in [0.05, 0.1) is 24.2 Å². The van der Waals surface area contributed by atoms with Crippen LogP contribution in [-0.2, 0) is 9.53 Å². The van der Waals surface area contributed by atoms with Gasteiger partial charge in [-0.3, -0.25) is 4.79 Å². The number of hydrogen-bond acceptors (Lipinski definition) is 5. The molecular weight excluding hydrogens is 370 g/mol. The number of H-pyrrole nitrogens is 1. The molecule has 2 aromatic rings. The fourth-order valence-electron chi connectivity index (χ4n) is 1.57. The predicted octanol–water partition coefficient (Wildman–Crippen LogP) is 3.08. The standard InChI is InChI=1S/C14H14BrN3O3S/c1-2-21-13(20)11-7-16-14(18-11)22-8-12(19)17-10-6-4-3-5-9(10)15/h3-7H,2,8H2,1H3,(H,16,18)(H,17,19). The van der Waals surface area contributed by atoms with Gasteiger partial charge in [-0.15, -0.1) is 0 Å². The molecule has 0 saturated carbocycles. The van der Waals surface area contributed by atoms with E-state index in [1.165, 1.54) is 18.0 Å². The number of carbonyl (C=O) groups excluding carboxylic acids is 2. The molecule has 1 heterocycles. The van der Waals surface area contributed by atoms with E-state index >= 15 is 0 Å². The van der Waals surface area contributed by atoms with Crippen LogP contribution in [-0.4, -0.2) is 34.2 Å². The molecule has 0 aliphatic carbocycles. The number of imidazole rings is 1. The second-order valence-electron chi connectivity index (χ2n) is 4.14. The molecule has 1 aromatic carbocycles. The Bertz CT molecular complexity index is 675. The Morgan fingerprint density at radius 2 is 2.18 bits per heavy atom. The maximum Gasteiger partial charge on any atom is 0.356 e. The van der Waals surface area contributed by atoms with Crippen molar-refractivity contribution >= 4 is 45.3 Å². The van der Waals surface area contributed by atoms with Gasteiger partial charge < -0.3 is 15.0 Å². The van der Waals surface area contributed by atoms with Crippen molar-refractivity contribution in [3.63, 3.8) is 0 Å². The second-order valence-corrected chi connectivity index (χ2v) is 5.96. The third kappa shape index (κ3) is 4.60. The molecule has 2 rings (SSSR count). The zero-order chi connectivity index (χ0) is 15.9. The lowest BCUT2D eigenvalue weighted by atomic mass is 10.3. The molecule has 0 atom stereocenters. The van der Waals surface area contributed by atoms with Gasteiger partial charge in [0.15, 0.2) is 5.16 Å². The molecule has 0 saturated heterocycles. The minimum atomic E-state index is -0.459. The number of esters is 1. The van der Waals surface area contributed by atoms with E-state index < -0.39 is 5.97 Å². The van der Waals surface area contributed by atoms with Crippen LogP contribution in [0.4, 0.5) is 5.69 Å². The van der Waals surface area contributed by atoms with Gasteiger partial charge in [0, 0.05) is 4.47 Å². The van der Waals surface area contributed by atoms with Crippen molar-refractivity contribution in [3.05, 3.63) is 40.6 Å². The SMILES string of the molecule is CCOC(=O)c1cnc(SCC(=O)Nc2ccccc2Br)[nH]1. The van der Waals surface area contributed by atoms with Gasteiger partial charge in [-0.1, -0.05) is 23.9 Å². The molecule has 0 bridgehead atoms. The first-order valence-corrected chi connectivity index (χ1v) is 8.27. The molecule has 0 radical (unpaired) electrons. The number of halogens is 1. The molecule has 0 unspecified atom stereocenters. The molecule has 0 aliphatic heterocycles. The number of para-hydroxylation sites is 1. The summed E-state index contributed by atoms with van der Waals surface area (Å²) in [6, 6.07) is 7.36. The number of ether oxygens (including phenoxy) is 1. The number of carbonyl (C=O) groups is 2. The number of benzene rings is 1. The van der Waals surface area contributed by atoms with Crippen LogP contribution in [0.25, 0.3) is 0 Å². The quantitative estimate of drug-likeness (QED) is 0.591. The predicted molar refractivity (Wildman–Crippen MR) is 88.0 cm³/mol. The first kappa shape index (κ1) is 16.6. The molecule has 1 amide bonds. The fourth-order valence-corrected chi connectivity index (χ4v) is 2.60. The van der Waals surface area contributed by atoms with Crippen LogP contribution in [0.3, 0.4) is 0 Å². The number of hydrogen-bond donors (Lipinski definition) is 2. The highest BCUT2D eigenvalue weighted by atomic mass is 79.9. The summed E-state index contributed by atoms with van der Waals surface area (Å²) in [4.78, 5) is 30.2. The smallest absolute Gasteiger partial charge is 0.356 e. The van der Waals surface area contributed by atoms with Crippen LogP contribution in [0.15, 0.2) is 40.1 Å². The normalized spacial score (nSPS) is 10.3. The third-order valence-corrected chi connectivity index (χ3v) is 4.11. The monoisotopic (exact) mass is 383 g/mol. The molecule has 0 aliphatic rings. The molecule has 22 heavy (non-hydrogen) atoms.